The van der Waals surface area contributed by atoms with Crippen molar-refractivity contribution < 1.29 is 0 Å². The Kier molecular flexibility index (Phi) is 3.43. The second kappa shape index (κ2) is 5.26. The van der Waals surface area contributed by atoms with Crippen LogP contribution in [0.2, 0.25) is 0 Å². The van der Waals surface area contributed by atoms with E-state index in [2.05, 4.69) is 42.9 Å². The summed E-state index contributed by atoms with van der Waals surface area (Å²) in [6, 6.07) is 10.3. The van der Waals surface area contributed by atoms with Crippen molar-refractivity contribution in [2.24, 2.45) is 5.73 Å². The van der Waals surface area contributed by atoms with Crippen LogP contribution >= 0.6 is 0 Å². The Morgan fingerprint density at radius 2 is 1.48 bits per heavy atom. The maximum absolute atomic E-state index is 6.48. The van der Waals surface area contributed by atoms with E-state index in [0.29, 0.717) is 0 Å². The van der Waals surface area contributed by atoms with Gasteiger partial charge in [0.15, 0.2) is 0 Å². The van der Waals surface area contributed by atoms with Crippen molar-refractivity contribution in [3.05, 3.63) is 70.5 Å². The van der Waals surface area contributed by atoms with Crippen LogP contribution < -0.4 is 5.73 Å². The van der Waals surface area contributed by atoms with Crippen molar-refractivity contribution in [2.75, 3.05) is 0 Å². The second-order valence-corrected chi connectivity index (χ2v) is 5.58. The fourth-order valence-electron chi connectivity index (χ4n) is 2.67. The number of rotatable bonds is 2. The molecule has 0 aliphatic heterocycles. The molecule has 0 fully saturated rings. The Bertz CT molecular complexity index is 809. The normalized spacial score (nSPS) is 12.6. The molecule has 3 aromatic rings. The van der Waals surface area contributed by atoms with Crippen molar-refractivity contribution in [1.82, 2.24) is 9.97 Å². The summed E-state index contributed by atoms with van der Waals surface area (Å²) in [5.41, 5.74) is 14.3. The molecular weight excluding hydrogens is 258 g/mol. The van der Waals surface area contributed by atoms with Gasteiger partial charge in [0.05, 0.1) is 17.1 Å². The number of aromatic nitrogens is 2. The van der Waals surface area contributed by atoms with Gasteiger partial charge < -0.3 is 5.73 Å². The molecule has 3 rings (SSSR count). The van der Waals surface area contributed by atoms with Crippen molar-refractivity contribution in [3.8, 4) is 0 Å². The van der Waals surface area contributed by atoms with E-state index in [1.165, 1.54) is 22.3 Å². The number of nitrogens with two attached hydrogens (primary N) is 1. The van der Waals surface area contributed by atoms with E-state index in [1.807, 2.05) is 18.2 Å². The van der Waals surface area contributed by atoms with Gasteiger partial charge in [-0.1, -0.05) is 18.2 Å². The Morgan fingerprint density at radius 3 is 2.24 bits per heavy atom. The van der Waals surface area contributed by atoms with Crippen molar-refractivity contribution in [2.45, 2.75) is 26.8 Å². The summed E-state index contributed by atoms with van der Waals surface area (Å²) >= 11 is 0. The van der Waals surface area contributed by atoms with Gasteiger partial charge in [-0.2, -0.15) is 0 Å². The third-order valence-electron chi connectivity index (χ3n) is 4.07. The van der Waals surface area contributed by atoms with Gasteiger partial charge in [0.2, 0.25) is 0 Å². The molecule has 2 N–H and O–H groups in total. The Hall–Kier alpha value is -2.26. The molecule has 106 valence electrons. The Balaban J connectivity index is 2.07. The lowest BCUT2D eigenvalue weighted by Gasteiger charge is -2.17. The smallest absolute Gasteiger partial charge is 0.0890 e. The summed E-state index contributed by atoms with van der Waals surface area (Å²) in [4.78, 5) is 8.65. The van der Waals surface area contributed by atoms with Crippen LogP contribution in [-0.4, -0.2) is 9.97 Å². The molecule has 21 heavy (non-hydrogen) atoms. The van der Waals surface area contributed by atoms with Crippen LogP contribution in [0.5, 0.6) is 0 Å². The van der Waals surface area contributed by atoms with Gasteiger partial charge in [0, 0.05) is 12.4 Å². The quantitative estimate of drug-likeness (QED) is 0.778. The van der Waals surface area contributed by atoms with E-state index < -0.39 is 0 Å². The molecule has 1 unspecified atom stereocenters. The molecule has 1 aromatic heterocycles. The van der Waals surface area contributed by atoms with E-state index in [0.717, 1.165) is 16.6 Å². The van der Waals surface area contributed by atoms with Gasteiger partial charge in [-0.25, -0.2) is 0 Å². The fraction of sp³-hybridized carbons (Fsp3) is 0.222. The maximum atomic E-state index is 6.48. The Labute approximate surface area is 124 Å². The number of hydrogen-bond acceptors (Lipinski definition) is 3. The highest BCUT2D eigenvalue weighted by molar-refractivity contribution is 5.74. The second-order valence-electron chi connectivity index (χ2n) is 5.58. The van der Waals surface area contributed by atoms with Crippen LogP contribution in [0.1, 0.15) is 33.9 Å². The van der Waals surface area contributed by atoms with Gasteiger partial charge in [-0.15, -0.1) is 0 Å². The van der Waals surface area contributed by atoms with Gasteiger partial charge in [-0.3, -0.25) is 9.97 Å². The van der Waals surface area contributed by atoms with Gasteiger partial charge in [0.1, 0.15) is 0 Å². The first kappa shape index (κ1) is 13.7. The number of hydrogen-bond donors (Lipinski definition) is 1. The molecule has 0 radical (unpaired) electrons. The van der Waals surface area contributed by atoms with E-state index in [4.69, 9.17) is 5.73 Å². The third kappa shape index (κ3) is 2.52. The lowest BCUT2D eigenvalue weighted by Crippen LogP contribution is -2.14. The molecule has 0 spiro atoms. The highest BCUT2D eigenvalue weighted by Gasteiger charge is 2.13. The Morgan fingerprint density at radius 1 is 0.810 bits per heavy atom. The van der Waals surface area contributed by atoms with Crippen LogP contribution in [0.25, 0.3) is 11.0 Å². The van der Waals surface area contributed by atoms with E-state index in [9.17, 15) is 0 Å². The van der Waals surface area contributed by atoms with Crippen LogP contribution in [0, 0.1) is 20.8 Å². The zero-order chi connectivity index (χ0) is 15.0. The predicted octanol–water partition coefficient (Wildman–Crippen LogP) is 3.60. The highest BCUT2D eigenvalue weighted by Crippen LogP contribution is 2.26. The van der Waals surface area contributed by atoms with E-state index in [1.54, 1.807) is 12.4 Å². The molecule has 1 heterocycles. The third-order valence-corrected chi connectivity index (χ3v) is 4.07. The molecule has 0 bridgehead atoms. The summed E-state index contributed by atoms with van der Waals surface area (Å²) in [5, 5.41) is 0. The minimum atomic E-state index is -0.143. The first-order valence-electron chi connectivity index (χ1n) is 7.10. The molecule has 0 aliphatic rings. The molecule has 1 atom stereocenters. The molecule has 3 heteroatoms. The zero-order valence-corrected chi connectivity index (χ0v) is 12.6. The van der Waals surface area contributed by atoms with Gasteiger partial charge >= 0.3 is 0 Å². The molecular formula is C18H19N3. The first-order valence-corrected chi connectivity index (χ1v) is 7.10. The lowest BCUT2D eigenvalue weighted by molar-refractivity contribution is 0.859. The predicted molar refractivity (Wildman–Crippen MR) is 86.2 cm³/mol. The molecule has 0 saturated heterocycles. The standard InChI is InChI=1S/C18H19N3/c1-11-8-13(3)15(9-12(11)2)18(19)14-4-5-16-17(10-14)21-7-6-20-16/h4-10,18H,19H2,1-3H3. The number of fused-ring (bicyclic) bond motifs is 1. The highest BCUT2D eigenvalue weighted by atomic mass is 14.8. The van der Waals surface area contributed by atoms with Crippen molar-refractivity contribution in [3.63, 3.8) is 0 Å². The van der Waals surface area contributed by atoms with Crippen molar-refractivity contribution >= 4 is 11.0 Å². The number of benzene rings is 2. The summed E-state index contributed by atoms with van der Waals surface area (Å²) < 4.78 is 0. The molecule has 0 aliphatic carbocycles. The molecule has 0 amide bonds. The molecule has 2 aromatic carbocycles. The van der Waals surface area contributed by atoms with Crippen LogP contribution in [0.3, 0.4) is 0 Å². The van der Waals surface area contributed by atoms with Gasteiger partial charge in [0.25, 0.3) is 0 Å². The van der Waals surface area contributed by atoms with E-state index >= 15 is 0 Å². The summed E-state index contributed by atoms with van der Waals surface area (Å²) in [6.45, 7) is 6.36. The summed E-state index contributed by atoms with van der Waals surface area (Å²) in [7, 11) is 0. The largest absolute Gasteiger partial charge is 0.320 e. The maximum Gasteiger partial charge on any atom is 0.0890 e. The first-order chi connectivity index (χ1) is 10.1. The van der Waals surface area contributed by atoms with Crippen LogP contribution in [0.15, 0.2) is 42.7 Å². The average molecular weight is 277 g/mol. The zero-order valence-electron chi connectivity index (χ0n) is 12.6. The van der Waals surface area contributed by atoms with Crippen LogP contribution in [-0.2, 0) is 0 Å². The molecule has 0 saturated carbocycles. The van der Waals surface area contributed by atoms with E-state index in [-0.39, 0.29) is 6.04 Å². The lowest BCUT2D eigenvalue weighted by atomic mass is 9.92. The topological polar surface area (TPSA) is 51.8 Å². The van der Waals surface area contributed by atoms with Gasteiger partial charge in [-0.05, 0) is 60.7 Å². The number of aryl methyl sites for hydroxylation is 3. The minimum Gasteiger partial charge on any atom is -0.320 e. The van der Waals surface area contributed by atoms with Crippen molar-refractivity contribution in [1.29, 1.82) is 0 Å². The monoisotopic (exact) mass is 277 g/mol. The fourth-order valence-corrected chi connectivity index (χ4v) is 2.67. The summed E-state index contributed by atoms with van der Waals surface area (Å²) in [5.74, 6) is 0. The summed E-state index contributed by atoms with van der Waals surface area (Å²) in [6.07, 6.45) is 3.41. The van der Waals surface area contributed by atoms with Crippen LogP contribution in [0.4, 0.5) is 0 Å². The molecule has 3 nitrogen and oxygen atoms in total. The number of nitrogens with zero attached hydrogens (tertiary/aromatic N) is 2. The minimum absolute atomic E-state index is 0.143. The average Bonchev–Trinajstić information content (AvgIpc) is 2.50. The SMILES string of the molecule is Cc1cc(C)c(C(N)c2ccc3nccnc3c2)cc1C.